The van der Waals surface area contributed by atoms with E-state index in [2.05, 4.69) is 13.8 Å². The van der Waals surface area contributed by atoms with Gasteiger partial charge in [-0.05, 0) is 12.8 Å². The normalized spacial score (nSPS) is 15.3. The molecule has 8 N–H and O–H groups in total. The molecule has 5 nitrogen and oxygen atoms in total. The second-order valence-electron chi connectivity index (χ2n) is 11.0. The molecule has 0 aromatic carbocycles. The number of ether oxygens (including phenoxy) is 1. The molecule has 0 aromatic heterocycles. The van der Waals surface area contributed by atoms with E-state index in [-0.39, 0.29) is 12.1 Å². The van der Waals surface area contributed by atoms with Crippen molar-refractivity contribution in [2.24, 2.45) is 22.9 Å². The highest BCUT2D eigenvalue weighted by Gasteiger charge is 2.21. The fraction of sp³-hybridized carbons (Fsp3) is 1.00. The van der Waals surface area contributed by atoms with Gasteiger partial charge in [0.05, 0.1) is 0 Å². The highest BCUT2D eigenvalue weighted by atomic mass is 16.5. The monoisotopic (exact) mass is 499 g/mol. The summed E-state index contributed by atoms with van der Waals surface area (Å²) < 4.78 is 5.78. The first-order valence-corrected chi connectivity index (χ1v) is 15.7. The van der Waals surface area contributed by atoms with Crippen LogP contribution in [0.15, 0.2) is 0 Å². The standard InChI is InChI=1S/C30H66N4O/c1-3-5-7-9-11-13-15-17-19-21-23-25-27(31)29(33)35-30(34)28(32)26-24-22-20-18-16-14-12-10-8-6-4-2/h27-30H,3-26,31-34H2,1-2H3. The molecule has 4 unspecified atom stereocenters. The quantitative estimate of drug-likeness (QED) is 0.0654. The van der Waals surface area contributed by atoms with Gasteiger partial charge in [0.1, 0.15) is 12.5 Å². The minimum absolute atomic E-state index is 0.172. The average Bonchev–Trinajstić information content (AvgIpc) is 2.85. The van der Waals surface area contributed by atoms with Crippen LogP contribution in [0.5, 0.6) is 0 Å². The van der Waals surface area contributed by atoms with E-state index in [1.165, 1.54) is 128 Å². The Hall–Kier alpha value is -0.200. The Morgan fingerprint density at radius 3 is 0.857 bits per heavy atom. The van der Waals surface area contributed by atoms with Gasteiger partial charge in [-0.2, -0.15) is 0 Å². The van der Waals surface area contributed by atoms with Crippen molar-refractivity contribution in [2.45, 2.75) is 192 Å². The molecular formula is C30H66N4O. The Kier molecular flexibility index (Phi) is 26.7. The maximum atomic E-state index is 6.25. The molecule has 0 heterocycles. The van der Waals surface area contributed by atoms with Crippen molar-refractivity contribution >= 4 is 0 Å². The van der Waals surface area contributed by atoms with E-state index < -0.39 is 12.5 Å². The van der Waals surface area contributed by atoms with Crippen LogP contribution in [-0.4, -0.2) is 24.5 Å². The second kappa shape index (κ2) is 26.9. The topological polar surface area (TPSA) is 113 Å². The van der Waals surface area contributed by atoms with Gasteiger partial charge in [0.15, 0.2) is 0 Å². The molecule has 4 atom stereocenters. The Labute approximate surface area is 220 Å². The van der Waals surface area contributed by atoms with Gasteiger partial charge in [-0.1, -0.05) is 155 Å². The largest absolute Gasteiger partial charge is 0.342 e. The fourth-order valence-electron chi connectivity index (χ4n) is 4.80. The lowest BCUT2D eigenvalue weighted by molar-refractivity contribution is -0.0332. The molecule has 212 valence electrons. The Morgan fingerprint density at radius 1 is 0.371 bits per heavy atom. The van der Waals surface area contributed by atoms with E-state index in [9.17, 15) is 0 Å². The summed E-state index contributed by atoms with van der Waals surface area (Å²) in [7, 11) is 0. The minimum atomic E-state index is -0.531. The third-order valence-electron chi connectivity index (χ3n) is 7.44. The lowest BCUT2D eigenvalue weighted by Crippen LogP contribution is -2.52. The third-order valence-corrected chi connectivity index (χ3v) is 7.44. The van der Waals surface area contributed by atoms with Crippen molar-refractivity contribution in [3.63, 3.8) is 0 Å². The summed E-state index contributed by atoms with van der Waals surface area (Å²) in [5.74, 6) is 0. The van der Waals surface area contributed by atoms with Crippen LogP contribution in [0, 0.1) is 0 Å². The lowest BCUT2D eigenvalue weighted by atomic mass is 10.0. The van der Waals surface area contributed by atoms with Gasteiger partial charge in [0.25, 0.3) is 0 Å². The number of rotatable bonds is 28. The molecular weight excluding hydrogens is 432 g/mol. The fourth-order valence-corrected chi connectivity index (χ4v) is 4.80. The zero-order valence-corrected chi connectivity index (χ0v) is 24.0. The van der Waals surface area contributed by atoms with Crippen LogP contribution in [0.25, 0.3) is 0 Å². The highest BCUT2D eigenvalue weighted by Crippen LogP contribution is 2.15. The molecule has 0 bridgehead atoms. The van der Waals surface area contributed by atoms with Crippen LogP contribution in [0.3, 0.4) is 0 Å². The van der Waals surface area contributed by atoms with E-state index in [1.54, 1.807) is 0 Å². The van der Waals surface area contributed by atoms with Crippen LogP contribution in [-0.2, 0) is 4.74 Å². The molecule has 0 saturated heterocycles. The highest BCUT2D eigenvalue weighted by molar-refractivity contribution is 4.74. The first kappa shape index (κ1) is 34.8. The zero-order valence-electron chi connectivity index (χ0n) is 24.0. The van der Waals surface area contributed by atoms with Crippen LogP contribution in [0.4, 0.5) is 0 Å². The molecule has 0 saturated carbocycles. The summed E-state index contributed by atoms with van der Waals surface area (Å²) in [4.78, 5) is 0. The summed E-state index contributed by atoms with van der Waals surface area (Å²) in [5.41, 5.74) is 24.8. The minimum Gasteiger partial charge on any atom is -0.342 e. The van der Waals surface area contributed by atoms with Crippen LogP contribution < -0.4 is 22.9 Å². The molecule has 0 aliphatic carbocycles. The second-order valence-corrected chi connectivity index (χ2v) is 11.0. The molecule has 0 aliphatic rings. The number of unbranched alkanes of at least 4 members (excludes halogenated alkanes) is 20. The smallest absolute Gasteiger partial charge is 0.123 e. The molecule has 0 fully saturated rings. The van der Waals surface area contributed by atoms with E-state index in [4.69, 9.17) is 27.7 Å². The van der Waals surface area contributed by atoms with Crippen molar-refractivity contribution in [2.75, 3.05) is 0 Å². The summed E-state index contributed by atoms with van der Waals surface area (Å²) in [6.07, 6.45) is 30.0. The van der Waals surface area contributed by atoms with E-state index in [0.29, 0.717) is 0 Å². The summed E-state index contributed by atoms with van der Waals surface area (Å²) in [6, 6.07) is -0.345. The number of hydrogen-bond acceptors (Lipinski definition) is 5. The SMILES string of the molecule is CCCCCCCCCCCCCC(N)C(N)OC(N)C(N)CCCCCCCCCCCCC. The van der Waals surface area contributed by atoms with Gasteiger partial charge in [0, 0.05) is 12.1 Å². The van der Waals surface area contributed by atoms with Gasteiger partial charge in [-0.25, -0.2) is 0 Å². The lowest BCUT2D eigenvalue weighted by Gasteiger charge is -2.27. The predicted molar refractivity (Wildman–Crippen MR) is 155 cm³/mol. The maximum Gasteiger partial charge on any atom is 0.123 e. The molecule has 35 heavy (non-hydrogen) atoms. The zero-order chi connectivity index (χ0) is 26.0. The Morgan fingerprint density at radius 2 is 0.600 bits per heavy atom. The third kappa shape index (κ3) is 23.9. The molecule has 0 amide bonds. The molecule has 0 aliphatic heterocycles. The molecule has 5 heteroatoms. The molecule has 0 radical (unpaired) electrons. The first-order valence-electron chi connectivity index (χ1n) is 15.7. The number of hydrogen-bond donors (Lipinski definition) is 4. The van der Waals surface area contributed by atoms with Crippen molar-refractivity contribution in [3.05, 3.63) is 0 Å². The van der Waals surface area contributed by atoms with E-state index >= 15 is 0 Å². The van der Waals surface area contributed by atoms with Crippen LogP contribution in [0.2, 0.25) is 0 Å². The summed E-state index contributed by atoms with van der Waals surface area (Å²) in [6.45, 7) is 4.55. The van der Waals surface area contributed by atoms with Crippen molar-refractivity contribution in [1.82, 2.24) is 0 Å². The number of nitrogens with two attached hydrogens (primary N) is 4. The van der Waals surface area contributed by atoms with Crippen LogP contribution >= 0.6 is 0 Å². The maximum absolute atomic E-state index is 6.25. The van der Waals surface area contributed by atoms with E-state index in [0.717, 1.165) is 25.7 Å². The van der Waals surface area contributed by atoms with Gasteiger partial charge >= 0.3 is 0 Å². The van der Waals surface area contributed by atoms with Crippen molar-refractivity contribution in [1.29, 1.82) is 0 Å². The average molecular weight is 499 g/mol. The molecule has 0 spiro atoms. The van der Waals surface area contributed by atoms with Crippen molar-refractivity contribution < 1.29 is 4.74 Å². The van der Waals surface area contributed by atoms with Gasteiger partial charge < -0.3 is 27.7 Å². The Bertz CT molecular complexity index is 374. The van der Waals surface area contributed by atoms with Crippen molar-refractivity contribution in [3.8, 4) is 0 Å². The molecule has 0 aromatic rings. The summed E-state index contributed by atoms with van der Waals surface area (Å²) >= 11 is 0. The van der Waals surface area contributed by atoms with Gasteiger partial charge in [-0.3, -0.25) is 0 Å². The predicted octanol–water partition coefficient (Wildman–Crippen LogP) is 7.63. The Balaban J connectivity index is 3.59. The molecule has 0 rings (SSSR count). The first-order chi connectivity index (χ1) is 17.0. The van der Waals surface area contributed by atoms with E-state index in [1.807, 2.05) is 0 Å². The van der Waals surface area contributed by atoms with Crippen LogP contribution in [0.1, 0.15) is 168 Å². The van der Waals surface area contributed by atoms with Gasteiger partial charge in [0.2, 0.25) is 0 Å². The summed E-state index contributed by atoms with van der Waals surface area (Å²) in [5, 5.41) is 0. The van der Waals surface area contributed by atoms with Gasteiger partial charge in [-0.15, -0.1) is 0 Å².